The number of amides is 2. The van der Waals surface area contributed by atoms with Gasteiger partial charge in [0.05, 0.1) is 11.0 Å². The molecule has 0 saturated heterocycles. The summed E-state index contributed by atoms with van der Waals surface area (Å²) in [6, 6.07) is 2.40. The highest BCUT2D eigenvalue weighted by Crippen LogP contribution is 2.21. The van der Waals surface area contributed by atoms with Crippen LogP contribution in [0, 0.1) is 16.0 Å². The van der Waals surface area contributed by atoms with Crippen molar-refractivity contribution in [1.82, 2.24) is 10.6 Å². The van der Waals surface area contributed by atoms with Crippen molar-refractivity contribution in [2.75, 3.05) is 13.2 Å². The molecule has 0 bridgehead atoms. The normalized spacial score (nSPS) is 13.2. The third-order valence-corrected chi connectivity index (χ3v) is 4.14. The second-order valence-corrected chi connectivity index (χ2v) is 7.12. The number of benzene rings is 1. The lowest BCUT2D eigenvalue weighted by Gasteiger charge is -2.24. The van der Waals surface area contributed by atoms with Crippen LogP contribution in [0.1, 0.15) is 31.9 Å². The van der Waals surface area contributed by atoms with E-state index in [-0.39, 0.29) is 23.6 Å². The van der Waals surface area contributed by atoms with E-state index in [1.54, 1.807) is 13.8 Å². The fourth-order valence-corrected chi connectivity index (χ4v) is 2.63. The topological polar surface area (TPSA) is 217 Å². The number of nitro groups is 1. The molecule has 1 aromatic rings. The smallest absolute Gasteiger partial charge is 0.407 e. The molecule has 4 N–H and O–H groups in total. The summed E-state index contributed by atoms with van der Waals surface area (Å²) >= 11 is 0. The number of carbonyl (C=O) groups excluding carboxylic acids is 2. The van der Waals surface area contributed by atoms with Gasteiger partial charge in [-0.1, -0.05) is 19.0 Å². The Hall–Kier alpha value is -3.90. The summed E-state index contributed by atoms with van der Waals surface area (Å²) in [6.07, 6.45) is -2.38. The van der Waals surface area contributed by atoms with Crippen molar-refractivity contribution in [3.05, 3.63) is 50.4 Å². The Morgan fingerprint density at radius 1 is 1.25 bits per heavy atom. The van der Waals surface area contributed by atoms with E-state index in [0.29, 0.717) is 0 Å². The highest BCUT2D eigenvalue weighted by Gasteiger charge is 2.27. The minimum absolute atomic E-state index is 0.0203. The zero-order valence-corrected chi connectivity index (χ0v) is 17.4. The number of nitrogens with zero attached hydrogens (tertiary/aromatic N) is 4. The SMILES string of the molecule is CC(C)C[C@H](NC(=O)OC[C@@H](NC(=O)CN=[N+]=[N-])[C@H](O)c1ccc([N+](=O)[O-])cc1)C(=O)O. The monoisotopic (exact) mass is 452 g/mol. The van der Waals surface area contributed by atoms with Crippen molar-refractivity contribution >= 4 is 23.7 Å². The predicted molar refractivity (Wildman–Crippen MR) is 109 cm³/mol. The Morgan fingerprint density at radius 2 is 1.88 bits per heavy atom. The fraction of sp³-hybridized carbons (Fsp3) is 0.500. The maximum absolute atomic E-state index is 12.0. The number of carboxylic acid groups (broad SMARTS) is 1. The Bertz CT molecular complexity index is 869. The first kappa shape index (κ1) is 26.1. The number of carbonyl (C=O) groups is 3. The zero-order valence-electron chi connectivity index (χ0n) is 17.4. The molecule has 0 spiro atoms. The summed E-state index contributed by atoms with van der Waals surface area (Å²) in [4.78, 5) is 47.8. The van der Waals surface area contributed by atoms with Crippen LogP contribution < -0.4 is 10.6 Å². The molecule has 2 amide bonds. The summed E-state index contributed by atoms with van der Waals surface area (Å²) in [5.41, 5.74) is 8.28. The number of nitro benzene ring substituents is 1. The average Bonchev–Trinajstić information content (AvgIpc) is 2.73. The molecule has 0 aliphatic heterocycles. The lowest BCUT2D eigenvalue weighted by molar-refractivity contribution is -0.384. The summed E-state index contributed by atoms with van der Waals surface area (Å²) in [6.45, 7) is 2.40. The number of alkyl carbamates (subject to hydrolysis) is 1. The van der Waals surface area contributed by atoms with Gasteiger partial charge in [-0.05, 0) is 35.6 Å². The number of nitrogens with one attached hydrogen (secondary N) is 2. The highest BCUT2D eigenvalue weighted by molar-refractivity contribution is 5.80. The summed E-state index contributed by atoms with van der Waals surface area (Å²) in [5.74, 6) is -2.05. The van der Waals surface area contributed by atoms with Crippen molar-refractivity contribution in [3.63, 3.8) is 0 Å². The molecule has 0 fully saturated rings. The number of aliphatic hydroxyl groups is 1. The Balaban J connectivity index is 2.92. The first-order valence-electron chi connectivity index (χ1n) is 9.43. The fourth-order valence-electron chi connectivity index (χ4n) is 2.63. The molecule has 0 saturated carbocycles. The van der Waals surface area contributed by atoms with Crippen molar-refractivity contribution < 1.29 is 34.3 Å². The van der Waals surface area contributed by atoms with Crippen LogP contribution in [0.15, 0.2) is 29.4 Å². The van der Waals surface area contributed by atoms with Gasteiger partial charge in [-0.2, -0.15) is 0 Å². The molecule has 0 aliphatic carbocycles. The molecule has 0 heterocycles. The van der Waals surface area contributed by atoms with Gasteiger partial charge in [-0.3, -0.25) is 14.9 Å². The molecule has 0 aromatic heterocycles. The zero-order chi connectivity index (χ0) is 24.3. The van der Waals surface area contributed by atoms with Gasteiger partial charge >= 0.3 is 12.1 Å². The van der Waals surface area contributed by atoms with E-state index in [9.17, 15) is 34.7 Å². The maximum atomic E-state index is 12.0. The molecule has 174 valence electrons. The van der Waals surface area contributed by atoms with E-state index < -0.39 is 54.2 Å². The number of non-ortho nitro benzene ring substituents is 1. The quantitative estimate of drug-likeness (QED) is 0.120. The molecule has 32 heavy (non-hydrogen) atoms. The molecule has 1 aromatic carbocycles. The van der Waals surface area contributed by atoms with E-state index in [1.807, 2.05) is 0 Å². The van der Waals surface area contributed by atoms with E-state index in [1.165, 1.54) is 12.1 Å². The summed E-state index contributed by atoms with van der Waals surface area (Å²) < 4.78 is 4.98. The summed E-state index contributed by atoms with van der Waals surface area (Å²) in [7, 11) is 0. The summed E-state index contributed by atoms with van der Waals surface area (Å²) in [5, 5.41) is 38.2. The van der Waals surface area contributed by atoms with Crippen molar-refractivity contribution in [3.8, 4) is 0 Å². The molecule has 0 aliphatic rings. The lowest BCUT2D eigenvalue weighted by atomic mass is 10.0. The van der Waals surface area contributed by atoms with Crippen LogP contribution in [-0.4, -0.2) is 58.3 Å². The van der Waals surface area contributed by atoms with Crippen molar-refractivity contribution in [2.24, 2.45) is 11.0 Å². The minimum Gasteiger partial charge on any atom is -0.480 e. The Kier molecular flexibility index (Phi) is 10.4. The molecule has 0 unspecified atom stereocenters. The van der Waals surface area contributed by atoms with Gasteiger partial charge in [0.15, 0.2) is 0 Å². The minimum atomic E-state index is -1.45. The largest absolute Gasteiger partial charge is 0.480 e. The first-order chi connectivity index (χ1) is 15.0. The molecule has 3 atom stereocenters. The van der Waals surface area contributed by atoms with Crippen LogP contribution in [-0.2, 0) is 14.3 Å². The van der Waals surface area contributed by atoms with E-state index in [2.05, 4.69) is 20.7 Å². The number of ether oxygens (including phenoxy) is 1. The number of hydrogen-bond acceptors (Lipinski definition) is 8. The van der Waals surface area contributed by atoms with Crippen molar-refractivity contribution in [1.29, 1.82) is 0 Å². The third-order valence-electron chi connectivity index (χ3n) is 4.14. The number of aliphatic hydroxyl groups excluding tert-OH is 1. The van der Waals surface area contributed by atoms with Crippen LogP contribution in [0.3, 0.4) is 0 Å². The Morgan fingerprint density at radius 3 is 2.38 bits per heavy atom. The van der Waals surface area contributed by atoms with Gasteiger partial charge in [0, 0.05) is 17.0 Å². The molecule has 14 heteroatoms. The van der Waals surface area contributed by atoms with E-state index in [4.69, 9.17) is 10.3 Å². The number of hydrogen-bond donors (Lipinski definition) is 4. The van der Waals surface area contributed by atoms with Gasteiger partial charge in [-0.25, -0.2) is 9.59 Å². The van der Waals surface area contributed by atoms with Crippen LogP contribution >= 0.6 is 0 Å². The standard InChI is InChI=1S/C18H24N6O8/c1-10(2)7-13(17(27)28)22-18(29)32-9-14(21-15(25)8-20-23-19)16(26)11-3-5-12(6-4-11)24(30)31/h3-6,10,13-14,16,26H,7-9H2,1-2H3,(H,21,25)(H,22,29)(H,27,28)/t13-,14+,16+/m0/s1. The number of carboxylic acids is 1. The molecular formula is C18H24N6O8. The molecule has 14 nitrogen and oxygen atoms in total. The number of azide groups is 1. The van der Waals surface area contributed by atoms with Gasteiger partial charge in [0.1, 0.15) is 25.3 Å². The van der Waals surface area contributed by atoms with Gasteiger partial charge in [0.25, 0.3) is 5.69 Å². The van der Waals surface area contributed by atoms with Crippen molar-refractivity contribution in [2.45, 2.75) is 38.5 Å². The first-order valence-corrected chi connectivity index (χ1v) is 9.43. The average molecular weight is 452 g/mol. The molecule has 0 radical (unpaired) electrons. The highest BCUT2D eigenvalue weighted by atomic mass is 16.6. The predicted octanol–water partition coefficient (Wildman–Crippen LogP) is 1.65. The van der Waals surface area contributed by atoms with E-state index in [0.717, 1.165) is 12.1 Å². The van der Waals surface area contributed by atoms with Crippen LogP contribution in [0.5, 0.6) is 0 Å². The van der Waals surface area contributed by atoms with Crippen LogP contribution in [0.4, 0.5) is 10.5 Å². The second kappa shape index (κ2) is 12.7. The number of aliphatic carboxylic acids is 1. The maximum Gasteiger partial charge on any atom is 0.407 e. The molecular weight excluding hydrogens is 428 g/mol. The van der Waals surface area contributed by atoms with Gasteiger partial charge in [-0.15, -0.1) is 0 Å². The lowest BCUT2D eigenvalue weighted by Crippen LogP contribution is -2.46. The van der Waals surface area contributed by atoms with Gasteiger partial charge in [0.2, 0.25) is 5.91 Å². The third kappa shape index (κ3) is 8.85. The number of rotatable bonds is 12. The Labute approximate surface area is 182 Å². The molecule has 1 rings (SSSR count). The van der Waals surface area contributed by atoms with Crippen LogP contribution in [0.2, 0.25) is 0 Å². The second-order valence-electron chi connectivity index (χ2n) is 7.12. The van der Waals surface area contributed by atoms with E-state index >= 15 is 0 Å². The van der Waals surface area contributed by atoms with Gasteiger partial charge < -0.3 is 25.6 Å². The van der Waals surface area contributed by atoms with Crippen LogP contribution in [0.25, 0.3) is 10.4 Å².